The fraction of sp³-hybridized carbons (Fsp3) is 0.333. The van der Waals surface area contributed by atoms with Gasteiger partial charge >= 0.3 is 0 Å². The SMILES string of the molecule is COc1cc(Br)c(-c2nc(Cl)cc(C(C)C)n2)cc1OC. The average molecular weight is 372 g/mol. The fourth-order valence-corrected chi connectivity index (χ4v) is 2.57. The molecule has 0 amide bonds. The van der Waals surface area contributed by atoms with Crippen LogP contribution in [-0.2, 0) is 0 Å². The molecule has 0 bridgehead atoms. The van der Waals surface area contributed by atoms with E-state index >= 15 is 0 Å². The third-order valence-electron chi connectivity index (χ3n) is 3.02. The summed E-state index contributed by atoms with van der Waals surface area (Å²) < 4.78 is 11.4. The zero-order chi connectivity index (χ0) is 15.6. The largest absolute Gasteiger partial charge is 0.493 e. The number of hydrogen-bond acceptors (Lipinski definition) is 4. The molecule has 0 unspecified atom stereocenters. The average Bonchev–Trinajstić information content (AvgIpc) is 2.46. The lowest BCUT2D eigenvalue weighted by Crippen LogP contribution is -1.99. The molecule has 0 N–H and O–H groups in total. The van der Waals surface area contributed by atoms with E-state index in [-0.39, 0.29) is 5.92 Å². The van der Waals surface area contributed by atoms with Crippen LogP contribution in [0.5, 0.6) is 11.5 Å². The van der Waals surface area contributed by atoms with E-state index in [9.17, 15) is 0 Å². The van der Waals surface area contributed by atoms with Crippen LogP contribution in [0.15, 0.2) is 22.7 Å². The van der Waals surface area contributed by atoms with Crippen molar-refractivity contribution in [3.63, 3.8) is 0 Å². The van der Waals surface area contributed by atoms with Crippen molar-refractivity contribution in [2.24, 2.45) is 0 Å². The molecule has 0 aliphatic heterocycles. The minimum atomic E-state index is 0.267. The van der Waals surface area contributed by atoms with Gasteiger partial charge in [0.1, 0.15) is 5.15 Å². The first-order chi connectivity index (χ1) is 9.96. The number of benzene rings is 1. The number of nitrogens with zero attached hydrogens (tertiary/aromatic N) is 2. The molecular formula is C15H16BrClN2O2. The summed E-state index contributed by atoms with van der Waals surface area (Å²) in [5.41, 5.74) is 1.70. The van der Waals surface area contributed by atoms with Crippen LogP contribution in [0.4, 0.5) is 0 Å². The number of aromatic nitrogens is 2. The van der Waals surface area contributed by atoms with Gasteiger partial charge in [0.05, 0.1) is 14.2 Å². The smallest absolute Gasteiger partial charge is 0.162 e. The van der Waals surface area contributed by atoms with Crippen molar-refractivity contribution >= 4 is 27.5 Å². The van der Waals surface area contributed by atoms with Gasteiger partial charge in [0, 0.05) is 15.7 Å². The second-order valence-corrected chi connectivity index (χ2v) is 6.02. The predicted molar refractivity (Wildman–Crippen MR) is 87.4 cm³/mol. The van der Waals surface area contributed by atoms with Gasteiger partial charge in [-0.15, -0.1) is 0 Å². The Morgan fingerprint density at radius 1 is 1.05 bits per heavy atom. The maximum atomic E-state index is 6.11. The second-order valence-electron chi connectivity index (χ2n) is 4.78. The first-order valence-corrected chi connectivity index (χ1v) is 7.59. The lowest BCUT2D eigenvalue weighted by Gasteiger charge is -2.13. The first kappa shape index (κ1) is 16.0. The van der Waals surface area contributed by atoms with Crippen LogP contribution in [0.25, 0.3) is 11.4 Å². The molecule has 0 atom stereocenters. The number of methoxy groups -OCH3 is 2. The minimum Gasteiger partial charge on any atom is -0.493 e. The monoisotopic (exact) mass is 370 g/mol. The fourth-order valence-electron chi connectivity index (χ4n) is 1.88. The predicted octanol–water partition coefficient (Wildman–Crippen LogP) is 4.70. The van der Waals surface area contributed by atoms with Gasteiger partial charge in [-0.2, -0.15) is 0 Å². The van der Waals surface area contributed by atoms with E-state index in [0.29, 0.717) is 22.5 Å². The highest BCUT2D eigenvalue weighted by Gasteiger charge is 2.15. The molecule has 0 saturated heterocycles. The van der Waals surface area contributed by atoms with Crippen molar-refractivity contribution in [3.05, 3.63) is 33.5 Å². The molecule has 1 heterocycles. The number of halogens is 2. The molecule has 2 aromatic rings. The molecule has 0 spiro atoms. The lowest BCUT2D eigenvalue weighted by atomic mass is 10.1. The summed E-state index contributed by atoms with van der Waals surface area (Å²) in [6, 6.07) is 5.44. The summed E-state index contributed by atoms with van der Waals surface area (Å²) in [6.07, 6.45) is 0. The Labute approximate surface area is 137 Å². The van der Waals surface area contributed by atoms with E-state index < -0.39 is 0 Å². The maximum absolute atomic E-state index is 6.11. The van der Waals surface area contributed by atoms with E-state index in [1.165, 1.54) is 0 Å². The van der Waals surface area contributed by atoms with Crippen molar-refractivity contribution in [1.29, 1.82) is 0 Å². The molecule has 1 aromatic heterocycles. The van der Waals surface area contributed by atoms with Crippen molar-refractivity contribution in [2.75, 3.05) is 14.2 Å². The van der Waals surface area contributed by atoms with Crippen molar-refractivity contribution in [2.45, 2.75) is 19.8 Å². The number of ether oxygens (including phenoxy) is 2. The van der Waals surface area contributed by atoms with Crippen molar-refractivity contribution in [1.82, 2.24) is 9.97 Å². The topological polar surface area (TPSA) is 44.2 Å². The first-order valence-electron chi connectivity index (χ1n) is 6.42. The van der Waals surface area contributed by atoms with Gasteiger partial charge in [0.2, 0.25) is 0 Å². The standard InChI is InChI=1S/C15H16BrClN2O2/c1-8(2)11-7-14(17)19-15(18-11)9-5-12(20-3)13(21-4)6-10(9)16/h5-8H,1-4H3. The van der Waals surface area contributed by atoms with E-state index in [0.717, 1.165) is 15.7 Å². The summed E-state index contributed by atoms with van der Waals surface area (Å²) in [5, 5.41) is 0.422. The highest BCUT2D eigenvalue weighted by molar-refractivity contribution is 9.10. The Hall–Kier alpha value is -1.33. The molecule has 0 radical (unpaired) electrons. The van der Waals surface area contributed by atoms with E-state index in [4.69, 9.17) is 21.1 Å². The van der Waals surface area contributed by atoms with Crippen LogP contribution in [-0.4, -0.2) is 24.2 Å². The van der Waals surface area contributed by atoms with Gasteiger partial charge in [-0.3, -0.25) is 0 Å². The lowest BCUT2D eigenvalue weighted by molar-refractivity contribution is 0.355. The molecule has 0 fully saturated rings. The molecule has 4 nitrogen and oxygen atoms in total. The molecule has 0 aliphatic rings. The van der Waals surface area contributed by atoms with Gasteiger partial charge in [0.25, 0.3) is 0 Å². The normalized spacial score (nSPS) is 10.8. The van der Waals surface area contributed by atoms with Gasteiger partial charge in [-0.05, 0) is 40.0 Å². The van der Waals surface area contributed by atoms with E-state index in [1.54, 1.807) is 20.3 Å². The van der Waals surface area contributed by atoms with Gasteiger partial charge in [-0.25, -0.2) is 9.97 Å². The van der Waals surface area contributed by atoms with Crippen molar-refractivity contribution in [3.8, 4) is 22.9 Å². The Morgan fingerprint density at radius 2 is 1.67 bits per heavy atom. The molecule has 2 rings (SSSR count). The highest BCUT2D eigenvalue weighted by Crippen LogP contribution is 2.37. The molecule has 0 aliphatic carbocycles. The molecule has 0 saturated carbocycles. The van der Waals surface area contributed by atoms with Gasteiger partial charge < -0.3 is 9.47 Å². The summed E-state index contributed by atoms with van der Waals surface area (Å²) >= 11 is 9.62. The number of rotatable bonds is 4. The van der Waals surface area contributed by atoms with Crippen LogP contribution in [0, 0.1) is 0 Å². The summed E-state index contributed by atoms with van der Waals surface area (Å²) in [4.78, 5) is 8.88. The zero-order valence-corrected chi connectivity index (χ0v) is 14.6. The van der Waals surface area contributed by atoms with Crippen LogP contribution in [0.3, 0.4) is 0 Å². The summed E-state index contributed by atoms with van der Waals surface area (Å²) in [7, 11) is 3.19. The second kappa shape index (κ2) is 6.62. The Bertz CT molecular complexity index is 662. The summed E-state index contributed by atoms with van der Waals surface area (Å²) in [5.74, 6) is 2.08. The van der Waals surface area contributed by atoms with Crippen LogP contribution in [0.2, 0.25) is 5.15 Å². The van der Waals surface area contributed by atoms with Crippen LogP contribution in [0.1, 0.15) is 25.5 Å². The Kier molecular flexibility index (Phi) is 5.06. The third-order valence-corrected chi connectivity index (χ3v) is 3.87. The minimum absolute atomic E-state index is 0.267. The molecular weight excluding hydrogens is 356 g/mol. The quantitative estimate of drug-likeness (QED) is 0.731. The Balaban J connectivity index is 2.61. The summed E-state index contributed by atoms with van der Waals surface area (Å²) in [6.45, 7) is 4.12. The number of hydrogen-bond donors (Lipinski definition) is 0. The van der Waals surface area contributed by atoms with Crippen LogP contribution >= 0.6 is 27.5 Å². The van der Waals surface area contributed by atoms with Crippen LogP contribution < -0.4 is 9.47 Å². The van der Waals surface area contributed by atoms with Crippen molar-refractivity contribution < 1.29 is 9.47 Å². The maximum Gasteiger partial charge on any atom is 0.162 e. The molecule has 1 aromatic carbocycles. The van der Waals surface area contributed by atoms with Gasteiger partial charge in [0.15, 0.2) is 17.3 Å². The highest BCUT2D eigenvalue weighted by atomic mass is 79.9. The van der Waals surface area contributed by atoms with E-state index in [2.05, 4.69) is 39.7 Å². The molecule has 6 heteroatoms. The van der Waals surface area contributed by atoms with Gasteiger partial charge in [-0.1, -0.05) is 25.4 Å². The third kappa shape index (κ3) is 3.47. The molecule has 112 valence electrons. The Morgan fingerprint density at radius 3 is 2.24 bits per heavy atom. The van der Waals surface area contributed by atoms with E-state index in [1.807, 2.05) is 12.1 Å². The zero-order valence-electron chi connectivity index (χ0n) is 12.3. The molecule has 21 heavy (non-hydrogen) atoms.